The number of sulfone groups is 1. The van der Waals surface area contributed by atoms with Gasteiger partial charge in [-0.05, 0) is 19.2 Å². The molecule has 6 nitrogen and oxygen atoms in total. The molecule has 0 aliphatic rings. The van der Waals surface area contributed by atoms with E-state index in [9.17, 15) is 13.2 Å². The summed E-state index contributed by atoms with van der Waals surface area (Å²) in [5.41, 5.74) is 0.482. The SMILES string of the molecule is CNCC(C)C(=O)Nc1ccc(S(C)(=O)=O)nc1. The van der Waals surface area contributed by atoms with Crippen molar-refractivity contribution in [3.05, 3.63) is 18.3 Å². The van der Waals surface area contributed by atoms with Gasteiger partial charge in [-0.1, -0.05) is 6.92 Å². The Bertz CT molecular complexity index is 511. The van der Waals surface area contributed by atoms with Gasteiger partial charge in [0.25, 0.3) is 0 Å². The van der Waals surface area contributed by atoms with E-state index in [1.807, 2.05) is 0 Å². The van der Waals surface area contributed by atoms with E-state index in [1.165, 1.54) is 18.3 Å². The maximum atomic E-state index is 11.7. The summed E-state index contributed by atoms with van der Waals surface area (Å²) in [5.74, 6) is -0.317. The minimum atomic E-state index is -3.31. The van der Waals surface area contributed by atoms with Crippen molar-refractivity contribution >= 4 is 21.4 Å². The minimum absolute atomic E-state index is 0.0104. The number of carbonyl (C=O) groups excluding carboxylic acids is 1. The van der Waals surface area contributed by atoms with Crippen LogP contribution in [-0.4, -0.2) is 39.2 Å². The second-order valence-corrected chi connectivity index (χ2v) is 6.07. The Balaban J connectivity index is 2.73. The molecule has 100 valence electrons. The Morgan fingerprint density at radius 1 is 1.44 bits per heavy atom. The van der Waals surface area contributed by atoms with Crippen molar-refractivity contribution in [2.45, 2.75) is 11.9 Å². The molecule has 1 aromatic rings. The molecule has 0 radical (unpaired) electrons. The molecule has 2 N–H and O–H groups in total. The lowest BCUT2D eigenvalue weighted by Gasteiger charge is -2.11. The molecule has 1 unspecified atom stereocenters. The average molecular weight is 271 g/mol. The summed E-state index contributed by atoms with van der Waals surface area (Å²) in [6, 6.07) is 2.89. The van der Waals surface area contributed by atoms with Gasteiger partial charge in [0.05, 0.1) is 11.9 Å². The first-order valence-corrected chi connectivity index (χ1v) is 7.35. The first-order valence-electron chi connectivity index (χ1n) is 5.46. The number of rotatable bonds is 5. The Kier molecular flexibility index (Phi) is 4.80. The molecule has 1 rings (SSSR count). The Morgan fingerprint density at radius 2 is 2.11 bits per heavy atom. The minimum Gasteiger partial charge on any atom is -0.324 e. The van der Waals surface area contributed by atoms with Crippen LogP contribution in [0, 0.1) is 5.92 Å². The van der Waals surface area contributed by atoms with Crippen molar-refractivity contribution in [2.75, 3.05) is 25.2 Å². The zero-order valence-corrected chi connectivity index (χ0v) is 11.4. The zero-order valence-electron chi connectivity index (χ0n) is 10.6. The summed E-state index contributed by atoms with van der Waals surface area (Å²) in [7, 11) is -1.54. The molecule has 0 aromatic carbocycles. The molecule has 0 aliphatic carbocycles. The standard InChI is InChI=1S/C11H17N3O3S/c1-8(6-12-2)11(15)14-9-4-5-10(13-7-9)18(3,16)17/h4-5,7-8,12H,6H2,1-3H3,(H,14,15). The summed E-state index contributed by atoms with van der Waals surface area (Å²) < 4.78 is 22.4. The van der Waals surface area contributed by atoms with Crippen LogP contribution in [0.25, 0.3) is 0 Å². The molecular formula is C11H17N3O3S. The summed E-state index contributed by atoms with van der Waals surface area (Å²) in [6.45, 7) is 2.37. The number of carbonyl (C=O) groups is 1. The van der Waals surface area contributed by atoms with Crippen LogP contribution in [0.3, 0.4) is 0 Å². The van der Waals surface area contributed by atoms with Crippen molar-refractivity contribution in [2.24, 2.45) is 5.92 Å². The van der Waals surface area contributed by atoms with E-state index < -0.39 is 9.84 Å². The molecule has 0 aliphatic heterocycles. The molecular weight excluding hydrogens is 254 g/mol. The van der Waals surface area contributed by atoms with E-state index in [1.54, 1.807) is 14.0 Å². The van der Waals surface area contributed by atoms with Gasteiger partial charge in [-0.2, -0.15) is 0 Å². The molecule has 7 heteroatoms. The van der Waals surface area contributed by atoms with Gasteiger partial charge < -0.3 is 10.6 Å². The van der Waals surface area contributed by atoms with Crippen molar-refractivity contribution in [1.29, 1.82) is 0 Å². The number of aromatic nitrogens is 1. The van der Waals surface area contributed by atoms with Gasteiger partial charge >= 0.3 is 0 Å². The molecule has 0 saturated heterocycles. The summed E-state index contributed by atoms with van der Waals surface area (Å²) >= 11 is 0. The predicted octanol–water partition coefficient (Wildman–Crippen LogP) is 0.279. The van der Waals surface area contributed by atoms with Gasteiger partial charge in [0.15, 0.2) is 14.9 Å². The molecule has 1 heterocycles. The predicted molar refractivity (Wildman–Crippen MR) is 69.1 cm³/mol. The topological polar surface area (TPSA) is 88.2 Å². The van der Waals surface area contributed by atoms with Crippen LogP contribution in [0.5, 0.6) is 0 Å². The van der Waals surface area contributed by atoms with Gasteiger partial charge in [-0.25, -0.2) is 13.4 Å². The van der Waals surface area contributed by atoms with E-state index in [0.29, 0.717) is 12.2 Å². The average Bonchev–Trinajstić information content (AvgIpc) is 2.28. The molecule has 1 aromatic heterocycles. The molecule has 0 bridgehead atoms. The van der Waals surface area contributed by atoms with E-state index in [0.717, 1.165) is 6.26 Å². The summed E-state index contributed by atoms with van der Waals surface area (Å²) in [4.78, 5) is 15.5. The number of hydrogen-bond donors (Lipinski definition) is 2. The maximum Gasteiger partial charge on any atom is 0.228 e. The van der Waals surface area contributed by atoms with E-state index >= 15 is 0 Å². The number of nitrogens with zero attached hydrogens (tertiary/aromatic N) is 1. The number of anilines is 1. The van der Waals surface area contributed by atoms with Crippen LogP contribution < -0.4 is 10.6 Å². The first kappa shape index (κ1) is 14.6. The number of hydrogen-bond acceptors (Lipinski definition) is 5. The molecule has 1 atom stereocenters. The molecule has 18 heavy (non-hydrogen) atoms. The van der Waals surface area contributed by atoms with Crippen molar-refractivity contribution < 1.29 is 13.2 Å². The Labute approximate surface area is 107 Å². The molecule has 0 spiro atoms. The maximum absolute atomic E-state index is 11.7. The quantitative estimate of drug-likeness (QED) is 0.803. The highest BCUT2D eigenvalue weighted by atomic mass is 32.2. The van der Waals surface area contributed by atoms with Crippen molar-refractivity contribution in [3.8, 4) is 0 Å². The van der Waals surface area contributed by atoms with Crippen LogP contribution in [-0.2, 0) is 14.6 Å². The second kappa shape index (κ2) is 5.92. The van der Waals surface area contributed by atoms with E-state index in [-0.39, 0.29) is 16.9 Å². The fourth-order valence-corrected chi connectivity index (χ4v) is 1.90. The summed E-state index contributed by atoms with van der Waals surface area (Å²) in [6.07, 6.45) is 2.42. The van der Waals surface area contributed by atoms with Crippen LogP contribution in [0.2, 0.25) is 0 Å². The second-order valence-electron chi connectivity index (χ2n) is 4.11. The van der Waals surface area contributed by atoms with E-state index in [4.69, 9.17) is 0 Å². The lowest BCUT2D eigenvalue weighted by atomic mass is 10.1. The number of pyridine rings is 1. The van der Waals surface area contributed by atoms with Gasteiger partial charge in [-0.3, -0.25) is 4.79 Å². The number of nitrogens with one attached hydrogen (secondary N) is 2. The lowest BCUT2D eigenvalue weighted by Crippen LogP contribution is -2.28. The number of amides is 1. The largest absolute Gasteiger partial charge is 0.324 e. The van der Waals surface area contributed by atoms with Gasteiger partial charge in [0.1, 0.15) is 0 Å². The molecule has 0 saturated carbocycles. The van der Waals surface area contributed by atoms with Crippen LogP contribution in [0.4, 0.5) is 5.69 Å². The smallest absolute Gasteiger partial charge is 0.228 e. The van der Waals surface area contributed by atoms with Crippen molar-refractivity contribution in [1.82, 2.24) is 10.3 Å². The molecule has 0 fully saturated rings. The third-order valence-electron chi connectivity index (χ3n) is 2.34. The normalized spacial score (nSPS) is 13.1. The van der Waals surface area contributed by atoms with Crippen LogP contribution in [0.1, 0.15) is 6.92 Å². The fraction of sp³-hybridized carbons (Fsp3) is 0.455. The fourth-order valence-electron chi connectivity index (χ4n) is 1.34. The zero-order chi connectivity index (χ0) is 13.8. The third kappa shape index (κ3) is 4.08. The van der Waals surface area contributed by atoms with Gasteiger partial charge in [-0.15, -0.1) is 0 Å². The van der Waals surface area contributed by atoms with Gasteiger partial charge in [0.2, 0.25) is 5.91 Å². The van der Waals surface area contributed by atoms with Crippen LogP contribution >= 0.6 is 0 Å². The van der Waals surface area contributed by atoms with E-state index in [2.05, 4.69) is 15.6 Å². The highest BCUT2D eigenvalue weighted by Gasteiger charge is 2.13. The first-order chi connectivity index (χ1) is 8.34. The Hall–Kier alpha value is -1.47. The highest BCUT2D eigenvalue weighted by Crippen LogP contribution is 2.11. The van der Waals surface area contributed by atoms with Crippen LogP contribution in [0.15, 0.2) is 23.4 Å². The monoisotopic (exact) mass is 271 g/mol. The summed E-state index contributed by atoms with van der Waals surface area (Å²) in [5, 5.41) is 5.57. The van der Waals surface area contributed by atoms with Crippen molar-refractivity contribution in [3.63, 3.8) is 0 Å². The highest BCUT2D eigenvalue weighted by molar-refractivity contribution is 7.90. The molecule has 1 amide bonds. The third-order valence-corrected chi connectivity index (χ3v) is 3.34. The Morgan fingerprint density at radius 3 is 2.56 bits per heavy atom. The van der Waals surface area contributed by atoms with Gasteiger partial charge in [0, 0.05) is 18.7 Å². The lowest BCUT2D eigenvalue weighted by molar-refractivity contribution is -0.119.